The van der Waals surface area contributed by atoms with Crippen LogP contribution in [0.25, 0.3) is 0 Å². The highest BCUT2D eigenvalue weighted by Crippen LogP contribution is 2.32. The number of halogens is 4. The fourth-order valence-corrected chi connectivity index (χ4v) is 3.02. The molecule has 0 radical (unpaired) electrons. The highest BCUT2D eigenvalue weighted by atomic mass is 79.9. The molecule has 1 rings (SSSR count). The van der Waals surface area contributed by atoms with Crippen LogP contribution in [0.2, 0.25) is 0 Å². The van der Waals surface area contributed by atoms with Crippen LogP contribution in [0.1, 0.15) is 42.6 Å². The molecule has 1 N–H and O–H groups in total. The molecule has 0 heterocycles. The molecule has 1 aromatic carbocycles. The lowest BCUT2D eigenvalue weighted by atomic mass is 9.84. The van der Waals surface area contributed by atoms with Crippen LogP contribution in [0.5, 0.6) is 0 Å². The fraction of sp³-hybridized carbons (Fsp3) is 0.533. The van der Waals surface area contributed by atoms with Crippen molar-refractivity contribution in [2.24, 2.45) is 5.41 Å². The maximum absolute atomic E-state index is 12.9. The van der Waals surface area contributed by atoms with Crippen molar-refractivity contribution in [3.05, 3.63) is 35.4 Å². The lowest BCUT2D eigenvalue weighted by molar-refractivity contribution is -0.137. The van der Waals surface area contributed by atoms with E-state index in [9.17, 15) is 18.0 Å². The van der Waals surface area contributed by atoms with E-state index in [1.807, 2.05) is 13.8 Å². The molecule has 21 heavy (non-hydrogen) atoms. The Labute approximate surface area is 131 Å². The first kappa shape index (κ1) is 18.0. The monoisotopic (exact) mass is 365 g/mol. The third-order valence-corrected chi connectivity index (χ3v) is 5.07. The van der Waals surface area contributed by atoms with Gasteiger partial charge in [-0.05, 0) is 30.4 Å². The Morgan fingerprint density at radius 3 is 2.24 bits per heavy atom. The van der Waals surface area contributed by atoms with Crippen molar-refractivity contribution in [3.63, 3.8) is 0 Å². The van der Waals surface area contributed by atoms with Crippen LogP contribution in [-0.2, 0) is 6.18 Å². The fourth-order valence-electron chi connectivity index (χ4n) is 2.03. The molecule has 0 saturated heterocycles. The van der Waals surface area contributed by atoms with E-state index in [1.165, 1.54) is 18.2 Å². The topological polar surface area (TPSA) is 29.1 Å². The summed E-state index contributed by atoms with van der Waals surface area (Å²) in [6, 6.07) is 4.83. The van der Waals surface area contributed by atoms with Gasteiger partial charge in [-0.2, -0.15) is 13.2 Å². The molecule has 0 aliphatic heterocycles. The van der Waals surface area contributed by atoms with E-state index in [0.29, 0.717) is 11.9 Å². The van der Waals surface area contributed by atoms with Crippen LogP contribution in [-0.4, -0.2) is 17.8 Å². The van der Waals surface area contributed by atoms with E-state index >= 15 is 0 Å². The number of carbonyl (C=O) groups excluding carboxylic acids is 1. The second kappa shape index (κ2) is 7.29. The SMILES string of the molecule is CCC(CC)(CBr)CNC(=O)c1ccccc1C(F)(F)F. The van der Waals surface area contributed by atoms with Crippen LogP contribution in [0.4, 0.5) is 13.2 Å². The van der Waals surface area contributed by atoms with E-state index in [1.54, 1.807) is 0 Å². The Kier molecular flexibility index (Phi) is 6.25. The van der Waals surface area contributed by atoms with E-state index in [0.717, 1.165) is 18.9 Å². The van der Waals surface area contributed by atoms with Gasteiger partial charge in [0.05, 0.1) is 11.1 Å². The molecule has 1 amide bonds. The molecule has 0 unspecified atom stereocenters. The lowest BCUT2D eigenvalue weighted by Gasteiger charge is -2.29. The van der Waals surface area contributed by atoms with E-state index in [2.05, 4.69) is 21.2 Å². The molecule has 118 valence electrons. The molecule has 2 nitrogen and oxygen atoms in total. The van der Waals surface area contributed by atoms with E-state index < -0.39 is 17.6 Å². The van der Waals surface area contributed by atoms with Crippen molar-refractivity contribution in [2.45, 2.75) is 32.9 Å². The Bertz CT molecular complexity index is 476. The summed E-state index contributed by atoms with van der Waals surface area (Å²) in [4.78, 5) is 12.1. The van der Waals surface area contributed by atoms with Crippen molar-refractivity contribution >= 4 is 21.8 Å². The molecule has 0 atom stereocenters. The molecular formula is C15H19BrF3NO. The van der Waals surface area contributed by atoms with Crippen molar-refractivity contribution < 1.29 is 18.0 Å². The van der Waals surface area contributed by atoms with Crippen LogP contribution in [0, 0.1) is 5.41 Å². The second-order valence-corrected chi connectivity index (χ2v) is 5.63. The summed E-state index contributed by atoms with van der Waals surface area (Å²) in [5, 5.41) is 3.32. The first-order valence-corrected chi connectivity index (χ1v) is 7.92. The van der Waals surface area contributed by atoms with Gasteiger partial charge in [0.2, 0.25) is 0 Å². The van der Waals surface area contributed by atoms with Gasteiger partial charge in [0.15, 0.2) is 0 Å². The minimum absolute atomic E-state index is 0.136. The number of nitrogens with one attached hydrogen (secondary N) is 1. The van der Waals surface area contributed by atoms with E-state index in [-0.39, 0.29) is 11.0 Å². The lowest BCUT2D eigenvalue weighted by Crippen LogP contribution is -2.38. The Hall–Kier alpha value is -1.04. The second-order valence-electron chi connectivity index (χ2n) is 5.07. The summed E-state index contributed by atoms with van der Waals surface area (Å²) < 4.78 is 38.7. The number of alkyl halides is 4. The number of amides is 1. The zero-order valence-electron chi connectivity index (χ0n) is 12.1. The maximum atomic E-state index is 12.9. The zero-order chi connectivity index (χ0) is 16.1. The van der Waals surface area contributed by atoms with Crippen molar-refractivity contribution in [2.75, 3.05) is 11.9 Å². The summed E-state index contributed by atoms with van der Waals surface area (Å²) in [6.45, 7) is 4.34. The predicted molar refractivity (Wildman–Crippen MR) is 80.6 cm³/mol. The molecule has 0 aromatic heterocycles. The van der Waals surface area contributed by atoms with Crippen LogP contribution in [0.15, 0.2) is 24.3 Å². The predicted octanol–water partition coefficient (Wildman–Crippen LogP) is 4.64. The summed E-state index contributed by atoms with van der Waals surface area (Å²) >= 11 is 3.41. The Morgan fingerprint density at radius 1 is 1.19 bits per heavy atom. The number of benzene rings is 1. The summed E-state index contributed by atoms with van der Waals surface area (Å²) in [6.07, 6.45) is -2.87. The molecule has 6 heteroatoms. The van der Waals surface area contributed by atoms with Gasteiger partial charge in [-0.1, -0.05) is 41.9 Å². The molecule has 0 aliphatic rings. The Balaban J connectivity index is 2.91. The van der Waals surface area contributed by atoms with Gasteiger partial charge in [0, 0.05) is 11.9 Å². The average molecular weight is 366 g/mol. The minimum atomic E-state index is -4.53. The highest BCUT2D eigenvalue weighted by Gasteiger charge is 2.35. The van der Waals surface area contributed by atoms with Crippen molar-refractivity contribution in [1.82, 2.24) is 5.32 Å². The Morgan fingerprint density at radius 2 is 1.76 bits per heavy atom. The van der Waals surface area contributed by atoms with Crippen LogP contribution < -0.4 is 5.32 Å². The first-order chi connectivity index (χ1) is 9.79. The summed E-state index contributed by atoms with van der Waals surface area (Å²) in [5.74, 6) is -0.685. The van der Waals surface area contributed by atoms with Gasteiger partial charge >= 0.3 is 6.18 Å². The van der Waals surface area contributed by atoms with Crippen molar-refractivity contribution in [3.8, 4) is 0 Å². The van der Waals surface area contributed by atoms with Crippen LogP contribution >= 0.6 is 15.9 Å². The van der Waals surface area contributed by atoms with Crippen molar-refractivity contribution in [1.29, 1.82) is 0 Å². The largest absolute Gasteiger partial charge is 0.417 e. The molecule has 0 bridgehead atoms. The third kappa shape index (κ3) is 4.46. The molecular weight excluding hydrogens is 347 g/mol. The van der Waals surface area contributed by atoms with Gasteiger partial charge in [-0.25, -0.2) is 0 Å². The standard InChI is InChI=1S/C15H19BrF3NO/c1-3-14(4-2,9-16)10-20-13(21)11-7-5-6-8-12(11)15(17,18)19/h5-8H,3-4,9-10H2,1-2H3,(H,20,21). The van der Waals surface area contributed by atoms with Crippen LogP contribution in [0.3, 0.4) is 0 Å². The van der Waals surface area contributed by atoms with Gasteiger partial charge < -0.3 is 5.32 Å². The highest BCUT2D eigenvalue weighted by molar-refractivity contribution is 9.09. The normalized spacial score (nSPS) is 12.3. The minimum Gasteiger partial charge on any atom is -0.351 e. The number of carbonyl (C=O) groups is 1. The number of hydrogen-bond donors (Lipinski definition) is 1. The summed E-state index contributed by atoms with van der Waals surface area (Å²) in [7, 11) is 0. The van der Waals surface area contributed by atoms with E-state index in [4.69, 9.17) is 0 Å². The molecule has 0 saturated carbocycles. The van der Waals surface area contributed by atoms with Gasteiger partial charge in [-0.3, -0.25) is 4.79 Å². The quantitative estimate of drug-likeness (QED) is 0.731. The van der Waals surface area contributed by atoms with Gasteiger partial charge in [0.25, 0.3) is 5.91 Å². The summed E-state index contributed by atoms with van der Waals surface area (Å²) in [5.41, 5.74) is -1.37. The third-order valence-electron chi connectivity index (χ3n) is 3.88. The molecule has 0 fully saturated rings. The number of hydrogen-bond acceptors (Lipinski definition) is 1. The molecule has 0 aliphatic carbocycles. The maximum Gasteiger partial charge on any atom is 0.417 e. The smallest absolute Gasteiger partial charge is 0.351 e. The van der Waals surface area contributed by atoms with Gasteiger partial charge in [0.1, 0.15) is 0 Å². The first-order valence-electron chi connectivity index (χ1n) is 6.80. The molecule has 0 spiro atoms. The zero-order valence-corrected chi connectivity index (χ0v) is 13.6. The number of rotatable bonds is 6. The average Bonchev–Trinajstić information content (AvgIpc) is 2.48. The molecule has 1 aromatic rings. The van der Waals surface area contributed by atoms with Gasteiger partial charge in [-0.15, -0.1) is 0 Å².